The molecule has 102 valence electrons. The molecule has 0 aromatic carbocycles. The van der Waals surface area contributed by atoms with Crippen LogP contribution in [0.15, 0.2) is 12.1 Å². The summed E-state index contributed by atoms with van der Waals surface area (Å²) in [5, 5.41) is 9.92. The third kappa shape index (κ3) is 3.59. The smallest absolute Gasteiger partial charge is 0.385 e. The molecule has 1 N–H and O–H groups in total. The van der Waals surface area contributed by atoms with Gasteiger partial charge in [0.25, 0.3) is 0 Å². The van der Waals surface area contributed by atoms with Crippen molar-refractivity contribution in [2.24, 2.45) is 5.92 Å². The van der Waals surface area contributed by atoms with Crippen molar-refractivity contribution in [2.75, 3.05) is 0 Å². The van der Waals surface area contributed by atoms with Crippen LogP contribution in [0.3, 0.4) is 0 Å². The Hall–Kier alpha value is -0.810. The van der Waals surface area contributed by atoms with Crippen molar-refractivity contribution in [1.29, 1.82) is 0 Å². The summed E-state index contributed by atoms with van der Waals surface area (Å²) >= 11 is 5.73. The molecule has 18 heavy (non-hydrogen) atoms. The van der Waals surface area contributed by atoms with E-state index in [0.717, 1.165) is 6.07 Å². The number of aromatic nitrogens is 1. The van der Waals surface area contributed by atoms with E-state index in [4.69, 9.17) is 11.6 Å². The van der Waals surface area contributed by atoms with Crippen LogP contribution in [0.2, 0.25) is 5.15 Å². The topological polar surface area (TPSA) is 33.1 Å². The zero-order valence-corrected chi connectivity index (χ0v) is 11.1. The summed E-state index contributed by atoms with van der Waals surface area (Å²) in [6.07, 6.45) is -4.15. The molecule has 1 unspecified atom stereocenters. The standard InChI is InChI=1S/C12H15ClF3NO/c1-7(2)6-11(3,18)8-4-5-9(12(14,15)16)17-10(8)13/h4-5,7,18H,6H2,1-3H3. The third-order valence-corrected chi connectivity index (χ3v) is 2.81. The number of alkyl halides is 3. The van der Waals surface area contributed by atoms with Gasteiger partial charge < -0.3 is 5.11 Å². The van der Waals surface area contributed by atoms with Gasteiger partial charge >= 0.3 is 6.18 Å². The van der Waals surface area contributed by atoms with Crippen LogP contribution in [0.4, 0.5) is 13.2 Å². The van der Waals surface area contributed by atoms with Gasteiger partial charge in [0.2, 0.25) is 0 Å². The van der Waals surface area contributed by atoms with Gasteiger partial charge in [-0.2, -0.15) is 13.2 Å². The minimum atomic E-state index is -4.54. The first kappa shape index (κ1) is 15.2. The zero-order valence-electron chi connectivity index (χ0n) is 10.3. The highest BCUT2D eigenvalue weighted by molar-refractivity contribution is 6.30. The Kier molecular flexibility index (Phi) is 4.28. The van der Waals surface area contributed by atoms with Crippen molar-refractivity contribution in [3.05, 3.63) is 28.5 Å². The molecule has 1 heterocycles. The second-order valence-electron chi connectivity index (χ2n) is 4.90. The molecule has 1 atom stereocenters. The van der Waals surface area contributed by atoms with E-state index in [2.05, 4.69) is 4.98 Å². The average Bonchev–Trinajstić information content (AvgIpc) is 2.13. The Morgan fingerprint density at radius 3 is 2.28 bits per heavy atom. The quantitative estimate of drug-likeness (QED) is 0.849. The van der Waals surface area contributed by atoms with E-state index < -0.39 is 17.5 Å². The number of hydrogen-bond donors (Lipinski definition) is 1. The van der Waals surface area contributed by atoms with Crippen LogP contribution in [0.5, 0.6) is 0 Å². The molecule has 0 aliphatic rings. The molecule has 0 bridgehead atoms. The van der Waals surface area contributed by atoms with E-state index in [9.17, 15) is 18.3 Å². The average molecular weight is 282 g/mol. The molecule has 0 radical (unpaired) electrons. The number of halogens is 4. The molecule has 0 amide bonds. The maximum Gasteiger partial charge on any atom is 0.433 e. The largest absolute Gasteiger partial charge is 0.433 e. The zero-order chi connectivity index (χ0) is 14.1. The molecule has 1 aromatic rings. The lowest BCUT2D eigenvalue weighted by Gasteiger charge is -2.26. The Balaban J connectivity index is 3.13. The summed E-state index contributed by atoms with van der Waals surface area (Å²) in [5.74, 6) is 0.179. The summed E-state index contributed by atoms with van der Waals surface area (Å²) < 4.78 is 37.3. The Labute approximate surface area is 109 Å². The van der Waals surface area contributed by atoms with Gasteiger partial charge in [-0.15, -0.1) is 0 Å². The first-order valence-electron chi connectivity index (χ1n) is 5.50. The van der Waals surface area contributed by atoms with Gasteiger partial charge in [-0.1, -0.05) is 31.5 Å². The maximum atomic E-state index is 12.4. The van der Waals surface area contributed by atoms with E-state index in [0.29, 0.717) is 6.42 Å². The van der Waals surface area contributed by atoms with Gasteiger partial charge in [0.05, 0.1) is 5.60 Å². The van der Waals surface area contributed by atoms with Crippen molar-refractivity contribution in [3.8, 4) is 0 Å². The van der Waals surface area contributed by atoms with Gasteiger partial charge in [-0.05, 0) is 25.3 Å². The van der Waals surface area contributed by atoms with Crippen molar-refractivity contribution in [1.82, 2.24) is 4.98 Å². The van der Waals surface area contributed by atoms with Crippen LogP contribution in [0, 0.1) is 5.92 Å². The molecular weight excluding hydrogens is 267 g/mol. The minimum absolute atomic E-state index is 0.179. The Bertz CT molecular complexity index is 430. The predicted octanol–water partition coefficient (Wildman–Crippen LogP) is 4.01. The van der Waals surface area contributed by atoms with Gasteiger partial charge in [0.1, 0.15) is 10.8 Å². The summed E-state index contributed by atoms with van der Waals surface area (Å²) in [7, 11) is 0. The van der Waals surface area contributed by atoms with Crippen LogP contribution < -0.4 is 0 Å². The minimum Gasteiger partial charge on any atom is -0.385 e. The fourth-order valence-electron chi connectivity index (χ4n) is 1.90. The summed E-state index contributed by atoms with van der Waals surface area (Å²) in [4.78, 5) is 3.30. The number of hydrogen-bond acceptors (Lipinski definition) is 2. The summed E-state index contributed by atoms with van der Waals surface area (Å²) in [5.41, 5.74) is -2.13. The van der Waals surface area contributed by atoms with Crippen molar-refractivity contribution >= 4 is 11.6 Å². The molecule has 2 nitrogen and oxygen atoms in total. The van der Waals surface area contributed by atoms with Crippen LogP contribution in [0.1, 0.15) is 38.4 Å². The number of rotatable bonds is 3. The molecule has 6 heteroatoms. The summed E-state index contributed by atoms with van der Waals surface area (Å²) in [6.45, 7) is 5.32. The molecule has 0 saturated heterocycles. The van der Waals surface area contributed by atoms with Crippen molar-refractivity contribution in [2.45, 2.75) is 39.0 Å². The van der Waals surface area contributed by atoms with Gasteiger partial charge in [0, 0.05) is 5.56 Å². The molecule has 0 aliphatic carbocycles. The summed E-state index contributed by atoms with van der Waals surface area (Å²) in [6, 6.07) is 2.01. The van der Waals surface area contributed by atoms with Gasteiger partial charge in [0.15, 0.2) is 0 Å². The monoisotopic (exact) mass is 281 g/mol. The van der Waals surface area contributed by atoms with Gasteiger partial charge in [-0.25, -0.2) is 4.98 Å². The van der Waals surface area contributed by atoms with E-state index in [1.165, 1.54) is 13.0 Å². The second kappa shape index (κ2) is 5.05. The van der Waals surface area contributed by atoms with Crippen molar-refractivity contribution in [3.63, 3.8) is 0 Å². The lowest BCUT2D eigenvalue weighted by atomic mass is 9.88. The molecular formula is C12H15ClF3NO. The van der Waals surface area contributed by atoms with Gasteiger partial charge in [-0.3, -0.25) is 0 Å². The van der Waals surface area contributed by atoms with E-state index in [-0.39, 0.29) is 16.6 Å². The number of nitrogens with zero attached hydrogens (tertiary/aromatic N) is 1. The van der Waals surface area contributed by atoms with Crippen molar-refractivity contribution < 1.29 is 18.3 Å². The van der Waals surface area contributed by atoms with Crippen LogP contribution in [-0.4, -0.2) is 10.1 Å². The predicted molar refractivity (Wildman–Crippen MR) is 63.3 cm³/mol. The highest BCUT2D eigenvalue weighted by atomic mass is 35.5. The van der Waals surface area contributed by atoms with Crippen LogP contribution >= 0.6 is 11.6 Å². The Morgan fingerprint density at radius 2 is 1.89 bits per heavy atom. The fourth-order valence-corrected chi connectivity index (χ4v) is 2.26. The van der Waals surface area contributed by atoms with E-state index in [1.807, 2.05) is 13.8 Å². The lowest BCUT2D eigenvalue weighted by Crippen LogP contribution is -2.25. The molecule has 0 aliphatic heterocycles. The highest BCUT2D eigenvalue weighted by Crippen LogP contribution is 2.35. The molecule has 1 aromatic heterocycles. The van der Waals surface area contributed by atoms with Crippen LogP contribution in [-0.2, 0) is 11.8 Å². The van der Waals surface area contributed by atoms with E-state index in [1.54, 1.807) is 0 Å². The molecule has 0 saturated carbocycles. The number of aliphatic hydroxyl groups is 1. The normalized spacial score (nSPS) is 15.8. The first-order chi connectivity index (χ1) is 8.04. The van der Waals surface area contributed by atoms with Crippen LogP contribution in [0.25, 0.3) is 0 Å². The molecule has 1 rings (SSSR count). The SMILES string of the molecule is CC(C)CC(C)(O)c1ccc(C(F)(F)F)nc1Cl. The molecule has 0 fully saturated rings. The third-order valence-electron chi connectivity index (χ3n) is 2.53. The first-order valence-corrected chi connectivity index (χ1v) is 5.88. The maximum absolute atomic E-state index is 12.4. The van der Waals surface area contributed by atoms with E-state index >= 15 is 0 Å². The second-order valence-corrected chi connectivity index (χ2v) is 5.26. The number of pyridine rings is 1. The highest BCUT2D eigenvalue weighted by Gasteiger charge is 2.35. The Morgan fingerprint density at radius 1 is 1.33 bits per heavy atom. The fraction of sp³-hybridized carbons (Fsp3) is 0.583. The molecule has 0 spiro atoms. The lowest BCUT2D eigenvalue weighted by molar-refractivity contribution is -0.141.